The molecule has 4 heteroatoms. The number of hydrogen-bond acceptors (Lipinski definition) is 3. The van der Waals surface area contributed by atoms with Crippen molar-refractivity contribution in [3.63, 3.8) is 0 Å². The molecule has 0 amide bonds. The molecule has 0 aliphatic carbocycles. The van der Waals surface area contributed by atoms with Gasteiger partial charge in [-0.15, -0.1) is 0 Å². The maximum atomic E-state index is 8.82. The summed E-state index contributed by atoms with van der Waals surface area (Å²) in [5.74, 6) is 0.889. The molecule has 0 unspecified atom stereocenters. The highest BCUT2D eigenvalue weighted by molar-refractivity contribution is 9.10. The number of halogens is 1. The third-order valence-corrected chi connectivity index (χ3v) is 3.86. The fourth-order valence-corrected chi connectivity index (χ4v) is 2.51. The molecule has 0 saturated heterocycles. The first-order valence-electron chi connectivity index (χ1n) is 7.47. The summed E-state index contributed by atoms with van der Waals surface area (Å²) in [7, 11) is 0. The molecule has 0 bridgehead atoms. The Bertz CT molecular complexity index is 584. The standard InChI is InChI=1S/C18H22BrNO2/c1-14-3-5-15(6-4-14)13-22-18-8-7-17(19)11-16(18)12-20-9-2-10-21/h3-8,11,20-21H,2,9-10,12-13H2,1H3. The van der Waals surface area contributed by atoms with E-state index in [0.29, 0.717) is 6.61 Å². The third kappa shape index (κ3) is 5.44. The molecular formula is C18H22BrNO2. The van der Waals surface area contributed by atoms with E-state index in [4.69, 9.17) is 9.84 Å². The topological polar surface area (TPSA) is 41.5 Å². The Morgan fingerprint density at radius 1 is 1.14 bits per heavy atom. The van der Waals surface area contributed by atoms with Crippen molar-refractivity contribution >= 4 is 15.9 Å². The SMILES string of the molecule is Cc1ccc(COc2ccc(Br)cc2CNCCCO)cc1. The normalized spacial score (nSPS) is 10.7. The lowest BCUT2D eigenvalue weighted by Crippen LogP contribution is -2.16. The van der Waals surface area contributed by atoms with Gasteiger partial charge in [-0.1, -0.05) is 45.8 Å². The second kappa shape index (κ2) is 8.93. The van der Waals surface area contributed by atoms with Crippen LogP contribution >= 0.6 is 15.9 Å². The monoisotopic (exact) mass is 363 g/mol. The molecule has 0 aromatic heterocycles. The summed E-state index contributed by atoms with van der Waals surface area (Å²) < 4.78 is 7.00. The third-order valence-electron chi connectivity index (χ3n) is 3.36. The molecule has 2 rings (SSSR count). The zero-order valence-electron chi connectivity index (χ0n) is 12.8. The van der Waals surface area contributed by atoms with Crippen molar-refractivity contribution in [2.24, 2.45) is 0 Å². The number of rotatable bonds is 8. The highest BCUT2D eigenvalue weighted by Gasteiger charge is 2.05. The number of aliphatic hydroxyl groups is 1. The summed E-state index contributed by atoms with van der Waals surface area (Å²) in [6, 6.07) is 14.4. The number of aryl methyl sites for hydroxylation is 1. The van der Waals surface area contributed by atoms with Gasteiger partial charge >= 0.3 is 0 Å². The highest BCUT2D eigenvalue weighted by atomic mass is 79.9. The smallest absolute Gasteiger partial charge is 0.124 e. The quantitative estimate of drug-likeness (QED) is 0.700. The first-order valence-corrected chi connectivity index (χ1v) is 8.26. The molecule has 22 heavy (non-hydrogen) atoms. The molecular weight excluding hydrogens is 342 g/mol. The summed E-state index contributed by atoms with van der Waals surface area (Å²) in [6.07, 6.45) is 0.758. The molecule has 0 radical (unpaired) electrons. The highest BCUT2D eigenvalue weighted by Crippen LogP contribution is 2.24. The Balaban J connectivity index is 1.98. The minimum atomic E-state index is 0.211. The van der Waals surface area contributed by atoms with Gasteiger partial charge in [-0.2, -0.15) is 0 Å². The maximum absolute atomic E-state index is 8.82. The molecule has 2 aromatic rings. The van der Waals surface area contributed by atoms with Crippen LogP contribution in [0, 0.1) is 6.92 Å². The molecule has 0 spiro atoms. The van der Waals surface area contributed by atoms with E-state index in [1.807, 2.05) is 12.1 Å². The van der Waals surface area contributed by atoms with Crippen LogP contribution in [0.3, 0.4) is 0 Å². The van der Waals surface area contributed by atoms with E-state index >= 15 is 0 Å². The second-order valence-corrected chi connectivity index (χ2v) is 6.20. The van der Waals surface area contributed by atoms with Crippen LogP contribution in [0.4, 0.5) is 0 Å². The van der Waals surface area contributed by atoms with Gasteiger partial charge in [0.2, 0.25) is 0 Å². The largest absolute Gasteiger partial charge is 0.489 e. The lowest BCUT2D eigenvalue weighted by molar-refractivity contribution is 0.285. The maximum Gasteiger partial charge on any atom is 0.124 e. The number of aliphatic hydroxyl groups excluding tert-OH is 1. The minimum absolute atomic E-state index is 0.211. The van der Waals surface area contributed by atoms with Gasteiger partial charge in [-0.25, -0.2) is 0 Å². The van der Waals surface area contributed by atoms with E-state index in [0.717, 1.165) is 40.9 Å². The van der Waals surface area contributed by atoms with E-state index in [9.17, 15) is 0 Å². The average molecular weight is 364 g/mol. The lowest BCUT2D eigenvalue weighted by Gasteiger charge is -2.13. The zero-order valence-corrected chi connectivity index (χ0v) is 14.4. The number of benzene rings is 2. The second-order valence-electron chi connectivity index (χ2n) is 5.28. The minimum Gasteiger partial charge on any atom is -0.489 e. The zero-order chi connectivity index (χ0) is 15.8. The van der Waals surface area contributed by atoms with Crippen molar-refractivity contribution in [2.45, 2.75) is 26.5 Å². The molecule has 0 atom stereocenters. The summed E-state index contributed by atoms with van der Waals surface area (Å²) in [5.41, 5.74) is 3.52. The van der Waals surface area contributed by atoms with E-state index in [-0.39, 0.29) is 6.61 Å². The Morgan fingerprint density at radius 2 is 1.91 bits per heavy atom. The number of ether oxygens (including phenoxy) is 1. The molecule has 2 N–H and O–H groups in total. The van der Waals surface area contributed by atoms with Crippen LogP contribution in [0.2, 0.25) is 0 Å². The van der Waals surface area contributed by atoms with Crippen molar-refractivity contribution < 1.29 is 9.84 Å². The van der Waals surface area contributed by atoms with Crippen molar-refractivity contribution in [1.82, 2.24) is 5.32 Å². The van der Waals surface area contributed by atoms with Gasteiger partial charge in [-0.3, -0.25) is 0 Å². The van der Waals surface area contributed by atoms with Gasteiger partial charge in [0.05, 0.1) is 0 Å². The van der Waals surface area contributed by atoms with Gasteiger partial charge in [0.25, 0.3) is 0 Å². The molecule has 0 fully saturated rings. The van der Waals surface area contributed by atoms with Crippen LogP contribution in [0.5, 0.6) is 5.75 Å². The first kappa shape index (κ1) is 17.0. The van der Waals surface area contributed by atoms with Crippen LogP contribution in [0.25, 0.3) is 0 Å². The summed E-state index contributed by atoms with van der Waals surface area (Å²) in [5, 5.41) is 12.1. The Morgan fingerprint density at radius 3 is 2.64 bits per heavy atom. The predicted octanol–water partition coefficient (Wildman–Crippen LogP) is 3.81. The van der Waals surface area contributed by atoms with Crippen LogP contribution in [0.1, 0.15) is 23.1 Å². The van der Waals surface area contributed by atoms with E-state index in [1.165, 1.54) is 5.56 Å². The van der Waals surface area contributed by atoms with E-state index in [1.54, 1.807) is 0 Å². The summed E-state index contributed by atoms with van der Waals surface area (Å²) in [6.45, 7) is 4.37. The van der Waals surface area contributed by atoms with Crippen molar-refractivity contribution in [3.8, 4) is 5.75 Å². The molecule has 3 nitrogen and oxygen atoms in total. The van der Waals surface area contributed by atoms with Crippen LogP contribution in [0.15, 0.2) is 46.9 Å². The predicted molar refractivity (Wildman–Crippen MR) is 93.1 cm³/mol. The van der Waals surface area contributed by atoms with Gasteiger partial charge in [-0.05, 0) is 43.7 Å². The van der Waals surface area contributed by atoms with Crippen molar-refractivity contribution in [3.05, 3.63) is 63.6 Å². The molecule has 0 aliphatic heterocycles. The Hall–Kier alpha value is -1.36. The fraction of sp³-hybridized carbons (Fsp3) is 0.333. The lowest BCUT2D eigenvalue weighted by atomic mass is 10.1. The van der Waals surface area contributed by atoms with E-state index in [2.05, 4.69) is 58.5 Å². The van der Waals surface area contributed by atoms with E-state index < -0.39 is 0 Å². The Kier molecular flexibility index (Phi) is 6.90. The van der Waals surface area contributed by atoms with Crippen molar-refractivity contribution in [1.29, 1.82) is 0 Å². The average Bonchev–Trinajstić information content (AvgIpc) is 2.52. The first-order chi connectivity index (χ1) is 10.7. The van der Waals surface area contributed by atoms with Crippen LogP contribution < -0.4 is 10.1 Å². The Labute approximate surface area is 140 Å². The summed E-state index contributed by atoms with van der Waals surface area (Å²) >= 11 is 3.50. The molecule has 0 saturated carbocycles. The van der Waals surface area contributed by atoms with Gasteiger partial charge in [0.15, 0.2) is 0 Å². The fourth-order valence-electron chi connectivity index (χ4n) is 2.10. The molecule has 118 valence electrons. The van der Waals surface area contributed by atoms with Gasteiger partial charge in [0, 0.05) is 23.2 Å². The molecule has 2 aromatic carbocycles. The van der Waals surface area contributed by atoms with Crippen LogP contribution in [-0.2, 0) is 13.2 Å². The van der Waals surface area contributed by atoms with Crippen LogP contribution in [-0.4, -0.2) is 18.3 Å². The van der Waals surface area contributed by atoms with Gasteiger partial charge < -0.3 is 15.2 Å². The van der Waals surface area contributed by atoms with Crippen molar-refractivity contribution in [2.75, 3.05) is 13.2 Å². The van der Waals surface area contributed by atoms with Gasteiger partial charge in [0.1, 0.15) is 12.4 Å². The molecule has 0 heterocycles. The number of nitrogens with one attached hydrogen (secondary N) is 1. The molecule has 0 aliphatic rings. The number of hydrogen-bond donors (Lipinski definition) is 2. The summed E-state index contributed by atoms with van der Waals surface area (Å²) in [4.78, 5) is 0.